The average molecular weight is 389 g/mol. The second-order valence-electron chi connectivity index (χ2n) is 5.43. The second-order valence-corrected chi connectivity index (χ2v) is 7.45. The Balaban J connectivity index is 2.40. The molecule has 0 N–H and O–H groups in total. The Bertz CT molecular complexity index is 882. The van der Waals surface area contributed by atoms with Gasteiger partial charge < -0.3 is 9.47 Å². The molecule has 0 radical (unpaired) electrons. The highest BCUT2D eigenvalue weighted by Gasteiger charge is 2.38. The Kier molecular flexibility index (Phi) is 5.82. The molecule has 0 aliphatic carbocycles. The van der Waals surface area contributed by atoms with Gasteiger partial charge in [0.15, 0.2) is 0 Å². The standard InChI is InChI=1S/C17H18F3NO4S/c1-21(11-12-8-9-13(24-2)10-15(12)25-3)26(22,23)16-7-5-4-6-14(16)17(18,19)20/h4-10H,11H2,1-3H3. The molecule has 0 aliphatic rings. The van der Waals surface area contributed by atoms with E-state index in [0.717, 1.165) is 22.5 Å². The SMILES string of the molecule is COc1ccc(CN(C)S(=O)(=O)c2ccccc2C(F)(F)F)c(OC)c1. The van der Waals surface area contributed by atoms with Gasteiger partial charge in [0.2, 0.25) is 10.0 Å². The maximum Gasteiger partial charge on any atom is 0.417 e. The third-order valence-electron chi connectivity index (χ3n) is 3.77. The fraction of sp³-hybridized carbons (Fsp3) is 0.294. The van der Waals surface area contributed by atoms with E-state index in [1.165, 1.54) is 27.3 Å². The van der Waals surface area contributed by atoms with E-state index in [-0.39, 0.29) is 6.54 Å². The van der Waals surface area contributed by atoms with Gasteiger partial charge >= 0.3 is 6.18 Å². The van der Waals surface area contributed by atoms with Crippen molar-refractivity contribution in [3.05, 3.63) is 53.6 Å². The van der Waals surface area contributed by atoms with Crippen molar-refractivity contribution in [3.8, 4) is 11.5 Å². The molecule has 2 rings (SSSR count). The molecule has 0 bridgehead atoms. The van der Waals surface area contributed by atoms with Gasteiger partial charge in [-0.25, -0.2) is 8.42 Å². The van der Waals surface area contributed by atoms with Crippen molar-refractivity contribution in [1.29, 1.82) is 0 Å². The molecule has 0 saturated heterocycles. The van der Waals surface area contributed by atoms with Crippen LogP contribution in [0.4, 0.5) is 13.2 Å². The summed E-state index contributed by atoms with van der Waals surface area (Å²) in [5, 5.41) is 0. The first kappa shape index (κ1) is 20.1. The lowest BCUT2D eigenvalue weighted by Gasteiger charge is -2.21. The van der Waals surface area contributed by atoms with E-state index in [2.05, 4.69) is 0 Å². The van der Waals surface area contributed by atoms with E-state index < -0.39 is 26.7 Å². The number of nitrogens with zero attached hydrogens (tertiary/aromatic N) is 1. The molecular weight excluding hydrogens is 371 g/mol. The van der Waals surface area contributed by atoms with Gasteiger partial charge in [0, 0.05) is 25.2 Å². The van der Waals surface area contributed by atoms with Crippen LogP contribution in [-0.4, -0.2) is 34.0 Å². The van der Waals surface area contributed by atoms with Gasteiger partial charge in [0.05, 0.1) is 24.7 Å². The Morgan fingerprint density at radius 3 is 2.27 bits per heavy atom. The minimum absolute atomic E-state index is 0.165. The highest BCUT2D eigenvalue weighted by Crippen LogP contribution is 2.35. The summed E-state index contributed by atoms with van der Waals surface area (Å²) in [7, 11) is -0.271. The van der Waals surface area contributed by atoms with Gasteiger partial charge in [0.1, 0.15) is 11.5 Å². The molecule has 0 fully saturated rings. The minimum Gasteiger partial charge on any atom is -0.497 e. The van der Waals surface area contributed by atoms with Crippen LogP contribution in [0.2, 0.25) is 0 Å². The summed E-state index contributed by atoms with van der Waals surface area (Å²) in [6.07, 6.45) is -4.78. The molecule has 0 aromatic heterocycles. The van der Waals surface area contributed by atoms with Gasteiger partial charge in [-0.3, -0.25) is 0 Å². The molecule has 0 heterocycles. The number of ether oxygens (including phenoxy) is 2. The van der Waals surface area contributed by atoms with Gasteiger partial charge in [-0.2, -0.15) is 17.5 Å². The predicted octanol–water partition coefficient (Wildman–Crippen LogP) is 3.54. The maximum atomic E-state index is 13.2. The van der Waals surface area contributed by atoms with Crippen molar-refractivity contribution in [2.45, 2.75) is 17.6 Å². The minimum atomic E-state index is -4.78. The highest BCUT2D eigenvalue weighted by atomic mass is 32.2. The van der Waals surface area contributed by atoms with Crippen molar-refractivity contribution in [1.82, 2.24) is 4.31 Å². The van der Waals surface area contributed by atoms with Crippen LogP contribution in [-0.2, 0) is 22.7 Å². The summed E-state index contributed by atoms with van der Waals surface area (Å²) in [6, 6.07) is 8.87. The van der Waals surface area contributed by atoms with Crippen molar-refractivity contribution in [2.24, 2.45) is 0 Å². The van der Waals surface area contributed by atoms with Gasteiger partial charge in [-0.1, -0.05) is 18.2 Å². The second kappa shape index (κ2) is 7.55. The first-order valence-electron chi connectivity index (χ1n) is 7.44. The van der Waals surface area contributed by atoms with Crippen molar-refractivity contribution in [3.63, 3.8) is 0 Å². The fourth-order valence-electron chi connectivity index (χ4n) is 2.40. The third-order valence-corrected chi connectivity index (χ3v) is 5.63. The lowest BCUT2D eigenvalue weighted by Crippen LogP contribution is -2.28. The zero-order valence-electron chi connectivity index (χ0n) is 14.4. The first-order valence-corrected chi connectivity index (χ1v) is 8.88. The van der Waals surface area contributed by atoms with Crippen LogP contribution >= 0.6 is 0 Å². The van der Waals surface area contributed by atoms with Crippen LogP contribution < -0.4 is 9.47 Å². The summed E-state index contributed by atoms with van der Waals surface area (Å²) in [6.45, 7) is -0.165. The quantitative estimate of drug-likeness (QED) is 0.758. The number of benzene rings is 2. The molecule has 5 nitrogen and oxygen atoms in total. The van der Waals surface area contributed by atoms with E-state index in [1.807, 2.05) is 0 Å². The van der Waals surface area contributed by atoms with Gasteiger partial charge in [-0.15, -0.1) is 0 Å². The largest absolute Gasteiger partial charge is 0.497 e. The normalized spacial score (nSPS) is 12.3. The number of rotatable bonds is 6. The molecular formula is C17H18F3NO4S. The average Bonchev–Trinajstić information content (AvgIpc) is 2.61. The number of methoxy groups -OCH3 is 2. The zero-order chi connectivity index (χ0) is 19.5. The molecule has 0 aliphatic heterocycles. The predicted molar refractivity (Wildman–Crippen MR) is 89.6 cm³/mol. The van der Waals surface area contributed by atoms with Crippen LogP contribution in [0.1, 0.15) is 11.1 Å². The van der Waals surface area contributed by atoms with Crippen molar-refractivity contribution >= 4 is 10.0 Å². The first-order chi connectivity index (χ1) is 12.1. The van der Waals surface area contributed by atoms with E-state index in [4.69, 9.17) is 9.47 Å². The lowest BCUT2D eigenvalue weighted by atomic mass is 10.2. The smallest absolute Gasteiger partial charge is 0.417 e. The summed E-state index contributed by atoms with van der Waals surface area (Å²) in [5.41, 5.74) is -0.711. The maximum absolute atomic E-state index is 13.2. The number of hydrogen-bond donors (Lipinski definition) is 0. The Morgan fingerprint density at radius 2 is 1.69 bits per heavy atom. The highest BCUT2D eigenvalue weighted by molar-refractivity contribution is 7.89. The Hall–Kier alpha value is -2.26. The third kappa shape index (κ3) is 4.10. The number of alkyl halides is 3. The molecule has 26 heavy (non-hydrogen) atoms. The van der Waals surface area contributed by atoms with Crippen LogP contribution in [0.5, 0.6) is 11.5 Å². The lowest BCUT2D eigenvalue weighted by molar-refractivity contribution is -0.139. The molecule has 9 heteroatoms. The Morgan fingerprint density at radius 1 is 1.04 bits per heavy atom. The number of halogens is 3. The summed E-state index contributed by atoms with van der Waals surface area (Å²) in [5.74, 6) is 0.883. The molecule has 0 spiro atoms. The molecule has 142 valence electrons. The van der Waals surface area contributed by atoms with Crippen LogP contribution in [0.25, 0.3) is 0 Å². The topological polar surface area (TPSA) is 55.8 Å². The number of sulfonamides is 1. The molecule has 2 aromatic carbocycles. The van der Waals surface area contributed by atoms with E-state index in [0.29, 0.717) is 17.1 Å². The molecule has 0 saturated carbocycles. The fourth-order valence-corrected chi connectivity index (χ4v) is 3.76. The van der Waals surface area contributed by atoms with E-state index in [1.54, 1.807) is 18.2 Å². The molecule has 0 unspecified atom stereocenters. The molecule has 0 amide bonds. The van der Waals surface area contributed by atoms with Crippen molar-refractivity contribution in [2.75, 3.05) is 21.3 Å². The van der Waals surface area contributed by atoms with Crippen molar-refractivity contribution < 1.29 is 31.1 Å². The molecule has 0 atom stereocenters. The van der Waals surface area contributed by atoms with Gasteiger partial charge in [0.25, 0.3) is 0 Å². The van der Waals surface area contributed by atoms with Crippen LogP contribution in [0.3, 0.4) is 0 Å². The molecule has 2 aromatic rings. The van der Waals surface area contributed by atoms with E-state index in [9.17, 15) is 21.6 Å². The monoisotopic (exact) mass is 389 g/mol. The number of hydrogen-bond acceptors (Lipinski definition) is 4. The summed E-state index contributed by atoms with van der Waals surface area (Å²) >= 11 is 0. The Labute approximate surface area is 150 Å². The zero-order valence-corrected chi connectivity index (χ0v) is 15.2. The van der Waals surface area contributed by atoms with Crippen LogP contribution in [0.15, 0.2) is 47.4 Å². The van der Waals surface area contributed by atoms with Crippen LogP contribution in [0, 0.1) is 0 Å². The van der Waals surface area contributed by atoms with E-state index >= 15 is 0 Å². The van der Waals surface area contributed by atoms with Gasteiger partial charge in [-0.05, 0) is 18.2 Å². The summed E-state index contributed by atoms with van der Waals surface area (Å²) < 4.78 is 76.0. The summed E-state index contributed by atoms with van der Waals surface area (Å²) in [4.78, 5) is -0.789.